The molecule has 0 saturated heterocycles. The van der Waals surface area contributed by atoms with Crippen LogP contribution < -0.4 is 4.31 Å². The normalized spacial score (nSPS) is 14.6. The van der Waals surface area contributed by atoms with Gasteiger partial charge in [-0.05, 0) is 104 Å². The molecule has 6 nitrogen and oxygen atoms in total. The number of carboxylic acid groups (broad SMARTS) is 1. The van der Waals surface area contributed by atoms with Crippen molar-refractivity contribution in [1.29, 1.82) is 0 Å². The third kappa shape index (κ3) is 5.02. The van der Waals surface area contributed by atoms with Crippen LogP contribution >= 0.6 is 0 Å². The topological polar surface area (TPSA) is 79.7 Å². The third-order valence-electron chi connectivity index (χ3n) is 7.12. The highest BCUT2D eigenvalue weighted by Crippen LogP contribution is 2.51. The largest absolute Gasteiger partial charge is 0.479 e. The summed E-state index contributed by atoms with van der Waals surface area (Å²) in [6.45, 7) is 16.1. The van der Waals surface area contributed by atoms with E-state index in [-0.39, 0.29) is 0 Å². The molecule has 1 aliphatic rings. The van der Waals surface area contributed by atoms with Gasteiger partial charge >= 0.3 is 5.97 Å². The van der Waals surface area contributed by atoms with Crippen molar-refractivity contribution in [2.45, 2.75) is 73.6 Å². The number of carboxylic acids is 1. The van der Waals surface area contributed by atoms with E-state index in [1.54, 1.807) is 12.5 Å². The number of carbonyl (C=O) groups is 1. The monoisotopic (exact) mass is 536 g/mol. The van der Waals surface area contributed by atoms with Crippen molar-refractivity contribution in [3.63, 3.8) is 0 Å². The molecule has 4 rings (SSSR count). The number of ether oxygens (including phenoxy) is 1. The van der Waals surface area contributed by atoms with Crippen LogP contribution in [0.2, 0.25) is 0 Å². The Morgan fingerprint density at radius 1 is 1.03 bits per heavy atom. The van der Waals surface area contributed by atoms with E-state index in [1.807, 2.05) is 59.0 Å². The van der Waals surface area contributed by atoms with Crippen molar-refractivity contribution < 1.29 is 18.8 Å². The Hall–Kier alpha value is -3.03. The lowest BCUT2D eigenvalue weighted by Gasteiger charge is -2.41. The molecular weight excluding hydrogens is 496 g/mol. The van der Waals surface area contributed by atoms with E-state index in [0.29, 0.717) is 12.1 Å². The van der Waals surface area contributed by atoms with Gasteiger partial charge < -0.3 is 14.1 Å². The molecule has 0 saturated carbocycles. The summed E-state index contributed by atoms with van der Waals surface area (Å²) in [5.74, 6) is -1.05. The van der Waals surface area contributed by atoms with Gasteiger partial charge in [-0.25, -0.2) is 4.79 Å². The van der Waals surface area contributed by atoms with Crippen LogP contribution in [0.15, 0.2) is 30.5 Å². The van der Waals surface area contributed by atoms with E-state index in [2.05, 4.69) is 31.2 Å². The summed E-state index contributed by atoms with van der Waals surface area (Å²) in [5.41, 5.74) is 10.2. The van der Waals surface area contributed by atoms with Gasteiger partial charge in [0.2, 0.25) is 0 Å². The number of aliphatic carboxylic acids is 1. The number of anilines is 1. The Bertz CT molecular complexity index is 1500. The van der Waals surface area contributed by atoms with E-state index in [0.717, 1.165) is 61.5 Å². The Balaban J connectivity index is 2.23. The van der Waals surface area contributed by atoms with Crippen LogP contribution in [0.4, 0.5) is 5.69 Å². The van der Waals surface area contributed by atoms with E-state index in [1.165, 1.54) is 0 Å². The van der Waals surface area contributed by atoms with E-state index < -0.39 is 27.8 Å². The summed E-state index contributed by atoms with van der Waals surface area (Å²) in [5, 5.41) is 10.5. The maximum Gasteiger partial charge on any atom is 0.337 e. The number of thiol groups is 1. The highest BCUT2D eigenvalue weighted by molar-refractivity contribution is 8.03. The number of nitrogens with zero attached hydrogens (tertiary/aromatic N) is 2. The van der Waals surface area contributed by atoms with Gasteiger partial charge in [-0.3, -0.25) is 9.19 Å². The first-order chi connectivity index (χ1) is 17.5. The average molecular weight is 537 g/mol. The van der Waals surface area contributed by atoms with Crippen molar-refractivity contribution in [2.24, 2.45) is 0 Å². The van der Waals surface area contributed by atoms with Gasteiger partial charge in [0.25, 0.3) is 0 Å². The van der Waals surface area contributed by atoms with Crippen molar-refractivity contribution in [3.8, 4) is 22.4 Å². The van der Waals surface area contributed by atoms with Crippen molar-refractivity contribution in [2.75, 3.05) is 16.8 Å². The molecule has 0 radical (unpaired) electrons. The van der Waals surface area contributed by atoms with E-state index in [9.17, 15) is 14.1 Å². The minimum absolute atomic E-state index is 0.446. The smallest absolute Gasteiger partial charge is 0.337 e. The van der Waals surface area contributed by atoms with E-state index >= 15 is 0 Å². The Morgan fingerprint density at radius 2 is 1.68 bits per heavy atom. The Morgan fingerprint density at radius 3 is 2.24 bits per heavy atom. The number of fused-ring (bicyclic) bond motifs is 3. The molecule has 1 atom stereocenters. The summed E-state index contributed by atoms with van der Waals surface area (Å²) in [6.07, 6.45) is 4.17. The molecule has 7 heteroatoms. The molecule has 0 unspecified atom stereocenters. The molecule has 204 valence electrons. The number of aromatic nitrogens is 1. The SMILES string of the molecule is Cc1ccc(-c2c(C)c3c(c(C)c2[C@H](OC(C)(C)C)C(=O)O)N([SH](C)(C)=O)Cc2cc(C)cnc2-3)c(C)c1. The van der Waals surface area contributed by atoms with Gasteiger partial charge in [0.15, 0.2) is 6.10 Å². The van der Waals surface area contributed by atoms with Gasteiger partial charge in [0.05, 0.1) is 23.5 Å². The molecule has 1 aliphatic heterocycles. The van der Waals surface area contributed by atoms with Crippen molar-refractivity contribution >= 4 is 21.8 Å². The second kappa shape index (κ2) is 9.62. The fourth-order valence-electron chi connectivity index (χ4n) is 5.60. The summed E-state index contributed by atoms with van der Waals surface area (Å²) in [6, 6.07) is 8.33. The molecule has 0 amide bonds. The molecule has 3 aromatic rings. The maximum absolute atomic E-state index is 13.7. The van der Waals surface area contributed by atoms with Crippen LogP contribution in [0.3, 0.4) is 0 Å². The predicted molar refractivity (Wildman–Crippen MR) is 158 cm³/mol. The van der Waals surface area contributed by atoms with Crippen LogP contribution in [0.1, 0.15) is 65.8 Å². The molecule has 0 aliphatic carbocycles. The number of rotatable bonds is 5. The number of aryl methyl sites for hydroxylation is 3. The fraction of sp³-hybridized carbons (Fsp3) is 0.419. The van der Waals surface area contributed by atoms with Crippen molar-refractivity contribution in [3.05, 3.63) is 69.4 Å². The molecule has 0 fully saturated rings. The number of benzene rings is 2. The van der Waals surface area contributed by atoms with Gasteiger partial charge in [-0.1, -0.05) is 29.8 Å². The van der Waals surface area contributed by atoms with Gasteiger partial charge in [0.1, 0.15) is 0 Å². The lowest BCUT2D eigenvalue weighted by Crippen LogP contribution is -2.38. The first-order valence-electron chi connectivity index (χ1n) is 13.0. The number of hydrogen-bond acceptors (Lipinski definition) is 4. The molecule has 1 aromatic heterocycles. The molecule has 2 heterocycles. The van der Waals surface area contributed by atoms with Crippen LogP contribution in [0, 0.1) is 34.6 Å². The average Bonchev–Trinajstić information content (AvgIpc) is 2.78. The minimum Gasteiger partial charge on any atom is -0.479 e. The van der Waals surface area contributed by atoms with Gasteiger partial charge in [-0.2, -0.15) is 0 Å². The first kappa shape index (κ1) is 28.0. The summed E-state index contributed by atoms with van der Waals surface area (Å²) >= 11 is 0. The lowest BCUT2D eigenvalue weighted by atomic mass is 9.80. The van der Waals surface area contributed by atoms with E-state index in [4.69, 9.17) is 9.72 Å². The molecule has 38 heavy (non-hydrogen) atoms. The zero-order valence-electron chi connectivity index (χ0n) is 24.2. The molecule has 0 bridgehead atoms. The standard InChI is InChI=1S/C31H40N2O4S/c1-17-11-12-23(19(3)13-17)24-20(4)26-27-22(14-18(2)15-32-27)16-33(38(9,10)36)28(26)21(5)25(24)29(30(34)35)37-31(6,7)8/h11-15,29,38H,16H2,1-10H3,(H,34,35)/t29-/m0/s1. The maximum atomic E-state index is 13.7. The van der Waals surface area contributed by atoms with Crippen LogP contribution in [0.5, 0.6) is 0 Å². The lowest BCUT2D eigenvalue weighted by molar-refractivity contribution is -0.160. The van der Waals surface area contributed by atoms with Crippen LogP contribution in [-0.2, 0) is 26.2 Å². The van der Waals surface area contributed by atoms with Gasteiger partial charge in [0, 0.05) is 29.8 Å². The molecule has 1 N–H and O–H groups in total. The second-order valence-corrected chi connectivity index (χ2v) is 15.0. The highest BCUT2D eigenvalue weighted by atomic mass is 32.3. The molecule has 0 spiro atoms. The quantitative estimate of drug-likeness (QED) is 0.368. The number of hydrogen-bond donors (Lipinski definition) is 2. The number of pyridine rings is 1. The van der Waals surface area contributed by atoms with Crippen LogP contribution in [-0.4, -0.2) is 38.4 Å². The zero-order valence-corrected chi connectivity index (χ0v) is 25.1. The van der Waals surface area contributed by atoms with Crippen LogP contribution in [0.25, 0.3) is 22.4 Å². The Kier molecular flexibility index (Phi) is 7.08. The minimum atomic E-state index is -2.79. The summed E-state index contributed by atoms with van der Waals surface area (Å²) < 4.78 is 21.9. The second-order valence-electron chi connectivity index (χ2n) is 11.9. The summed E-state index contributed by atoms with van der Waals surface area (Å²) in [7, 11) is -2.79. The predicted octanol–water partition coefficient (Wildman–Crippen LogP) is 6.41. The third-order valence-corrected chi connectivity index (χ3v) is 8.63. The fourth-order valence-corrected chi connectivity index (χ4v) is 6.83. The Labute approximate surface area is 227 Å². The molecular formula is C31H40N2O4S. The molecule has 2 aromatic carbocycles. The zero-order chi connectivity index (χ0) is 28.3. The summed E-state index contributed by atoms with van der Waals surface area (Å²) in [4.78, 5) is 17.7. The first-order valence-corrected chi connectivity index (χ1v) is 15.5. The highest BCUT2D eigenvalue weighted by Gasteiger charge is 2.38. The van der Waals surface area contributed by atoms with Crippen molar-refractivity contribution in [1.82, 2.24) is 4.98 Å². The van der Waals surface area contributed by atoms with Gasteiger partial charge in [-0.15, -0.1) is 0 Å².